The van der Waals surface area contributed by atoms with E-state index < -0.39 is 25.7 Å². The molecule has 0 unspecified atom stereocenters. The molecule has 0 atom stereocenters. The Balaban J connectivity index is 2.22. The van der Waals surface area contributed by atoms with E-state index in [4.69, 9.17) is 4.74 Å². The van der Waals surface area contributed by atoms with Crippen LogP contribution in [0.4, 0.5) is 5.82 Å². The molecular weight excluding hydrogens is 330 g/mol. The van der Waals surface area contributed by atoms with E-state index in [0.29, 0.717) is 37.6 Å². The summed E-state index contributed by atoms with van der Waals surface area (Å²) in [7, 11) is -1.96. The second kappa shape index (κ2) is 6.68. The van der Waals surface area contributed by atoms with Crippen LogP contribution in [0, 0.1) is 0 Å². The number of aryl methyl sites for hydroxylation is 1. The van der Waals surface area contributed by atoms with Gasteiger partial charge in [-0.25, -0.2) is 8.42 Å². The third-order valence-electron chi connectivity index (χ3n) is 4.42. The Labute approximate surface area is 143 Å². The van der Waals surface area contributed by atoms with E-state index in [1.54, 1.807) is 13.1 Å². The van der Waals surface area contributed by atoms with Gasteiger partial charge in [-0.15, -0.1) is 0 Å². The van der Waals surface area contributed by atoms with E-state index in [2.05, 4.69) is 17.0 Å². The first-order valence-electron chi connectivity index (χ1n) is 7.90. The molecule has 1 N–H and O–H groups in total. The van der Waals surface area contributed by atoms with Gasteiger partial charge in [0.25, 0.3) is 0 Å². The molecule has 1 fully saturated rings. The summed E-state index contributed by atoms with van der Waals surface area (Å²) >= 11 is 0. The Morgan fingerprint density at radius 3 is 2.50 bits per heavy atom. The Morgan fingerprint density at radius 2 is 2.00 bits per heavy atom. The van der Waals surface area contributed by atoms with Crippen molar-refractivity contribution in [2.45, 2.75) is 43.6 Å². The van der Waals surface area contributed by atoms with E-state index in [1.165, 1.54) is 18.5 Å². The number of sulfone groups is 1. The predicted octanol–water partition coefficient (Wildman–Crippen LogP) is 1.76. The van der Waals surface area contributed by atoms with Crippen LogP contribution in [0.5, 0.6) is 0 Å². The summed E-state index contributed by atoms with van der Waals surface area (Å²) < 4.78 is 30.9. The molecule has 0 saturated carbocycles. The molecule has 0 radical (unpaired) electrons. The number of nitrogens with one attached hydrogen (secondary N) is 1. The quantitative estimate of drug-likeness (QED) is 0.869. The fourth-order valence-electron chi connectivity index (χ4n) is 2.59. The predicted molar refractivity (Wildman–Crippen MR) is 93.4 cm³/mol. The number of anilines is 1. The topological polar surface area (TPSA) is 90.3 Å². The van der Waals surface area contributed by atoms with Crippen LogP contribution in [0.2, 0.25) is 0 Å². The van der Waals surface area contributed by atoms with Crippen LogP contribution in [0.3, 0.4) is 0 Å². The summed E-state index contributed by atoms with van der Waals surface area (Å²) in [6.45, 7) is 9.34. The number of carbonyl (C=O) groups is 1. The maximum Gasteiger partial charge on any atom is 0.246 e. The minimum absolute atomic E-state index is 0.408. The summed E-state index contributed by atoms with van der Waals surface area (Å²) in [5.41, 5.74) is 1.41. The molecule has 2 rings (SSSR count). The number of hydrogen-bond acceptors (Lipinski definition) is 5. The molecule has 0 aliphatic carbocycles. The van der Waals surface area contributed by atoms with Crippen LogP contribution >= 0.6 is 0 Å². The van der Waals surface area contributed by atoms with E-state index in [9.17, 15) is 13.2 Å². The number of aromatic nitrogens is 2. The van der Waals surface area contributed by atoms with Crippen molar-refractivity contribution < 1.29 is 17.9 Å². The maximum absolute atomic E-state index is 12.9. The highest BCUT2D eigenvalue weighted by atomic mass is 32.2. The highest BCUT2D eigenvalue weighted by Gasteiger charge is 2.46. The smallest absolute Gasteiger partial charge is 0.246 e. The molecular formula is C16H25N3O4S. The van der Waals surface area contributed by atoms with Crippen molar-refractivity contribution in [3.8, 4) is 0 Å². The SMILES string of the molecule is C=C(C)c1cc(NC(=O)C(C)(C)S(=O)(=O)C2CCOCC2)n(C)n1. The van der Waals surface area contributed by atoms with Gasteiger partial charge in [0.1, 0.15) is 10.6 Å². The molecule has 0 spiro atoms. The number of rotatable bonds is 5. The fourth-order valence-corrected chi connectivity index (χ4v) is 4.55. The first-order chi connectivity index (χ1) is 11.1. The molecule has 0 aromatic carbocycles. The first-order valence-corrected chi connectivity index (χ1v) is 9.44. The molecule has 134 valence electrons. The Bertz CT molecular complexity index is 743. The molecule has 2 heterocycles. The van der Waals surface area contributed by atoms with Gasteiger partial charge in [-0.3, -0.25) is 9.48 Å². The molecule has 24 heavy (non-hydrogen) atoms. The Kier molecular flexibility index (Phi) is 5.19. The van der Waals surface area contributed by atoms with Crippen molar-refractivity contribution >= 4 is 27.1 Å². The molecule has 8 heteroatoms. The highest BCUT2D eigenvalue weighted by Crippen LogP contribution is 2.29. The zero-order valence-corrected chi connectivity index (χ0v) is 15.4. The van der Waals surface area contributed by atoms with Crippen LogP contribution in [0.15, 0.2) is 12.6 Å². The van der Waals surface area contributed by atoms with Gasteiger partial charge in [0.15, 0.2) is 9.84 Å². The molecule has 1 aromatic rings. The summed E-state index contributed by atoms with van der Waals surface area (Å²) in [5, 5.41) is 6.36. The van der Waals surface area contributed by atoms with Crippen molar-refractivity contribution in [1.82, 2.24) is 9.78 Å². The van der Waals surface area contributed by atoms with Crippen molar-refractivity contribution in [1.29, 1.82) is 0 Å². The van der Waals surface area contributed by atoms with Crippen LogP contribution < -0.4 is 5.32 Å². The fraction of sp³-hybridized carbons (Fsp3) is 0.625. The number of amides is 1. The van der Waals surface area contributed by atoms with Gasteiger partial charge < -0.3 is 10.1 Å². The minimum Gasteiger partial charge on any atom is -0.381 e. The lowest BCUT2D eigenvalue weighted by molar-refractivity contribution is -0.117. The largest absolute Gasteiger partial charge is 0.381 e. The second-order valence-electron chi connectivity index (χ2n) is 6.64. The van der Waals surface area contributed by atoms with E-state index >= 15 is 0 Å². The zero-order chi connectivity index (χ0) is 18.1. The van der Waals surface area contributed by atoms with Crippen LogP contribution in [0.1, 0.15) is 39.3 Å². The monoisotopic (exact) mass is 355 g/mol. The Hall–Kier alpha value is -1.67. The zero-order valence-electron chi connectivity index (χ0n) is 14.6. The number of allylic oxidation sites excluding steroid dienone is 1. The second-order valence-corrected chi connectivity index (χ2v) is 9.42. The molecule has 1 aliphatic heterocycles. The number of hydrogen-bond donors (Lipinski definition) is 1. The van der Waals surface area contributed by atoms with Crippen molar-refractivity contribution in [3.05, 3.63) is 18.3 Å². The van der Waals surface area contributed by atoms with Gasteiger partial charge in [-0.05, 0) is 39.2 Å². The summed E-state index contributed by atoms with van der Waals surface area (Å²) in [6, 6.07) is 1.68. The minimum atomic E-state index is -3.64. The molecule has 0 bridgehead atoms. The third kappa shape index (κ3) is 3.39. The van der Waals surface area contributed by atoms with Gasteiger partial charge in [-0.2, -0.15) is 5.10 Å². The number of nitrogens with zero attached hydrogens (tertiary/aromatic N) is 2. The van der Waals surface area contributed by atoms with Crippen LogP contribution in [0.25, 0.3) is 5.57 Å². The van der Waals surface area contributed by atoms with Gasteiger partial charge in [0, 0.05) is 26.3 Å². The normalized spacial score (nSPS) is 16.8. The maximum atomic E-state index is 12.9. The average molecular weight is 355 g/mol. The third-order valence-corrected chi connectivity index (χ3v) is 7.38. The van der Waals surface area contributed by atoms with Gasteiger partial charge >= 0.3 is 0 Å². The molecule has 1 amide bonds. The van der Waals surface area contributed by atoms with E-state index in [1.807, 2.05) is 6.92 Å². The van der Waals surface area contributed by atoms with Crippen LogP contribution in [-0.2, 0) is 26.4 Å². The van der Waals surface area contributed by atoms with Crippen molar-refractivity contribution in [2.24, 2.45) is 7.05 Å². The van der Waals surface area contributed by atoms with Gasteiger partial charge in [0.05, 0.1) is 10.9 Å². The lowest BCUT2D eigenvalue weighted by Crippen LogP contribution is -2.50. The van der Waals surface area contributed by atoms with E-state index in [0.717, 1.165) is 5.57 Å². The lowest BCUT2D eigenvalue weighted by atomic mass is 10.2. The first kappa shape index (κ1) is 18.7. The highest BCUT2D eigenvalue weighted by molar-refractivity contribution is 7.94. The molecule has 1 aromatic heterocycles. The standard InChI is InChI=1S/C16H25N3O4S/c1-11(2)13-10-14(19(5)18-13)17-15(20)16(3,4)24(21,22)12-6-8-23-9-7-12/h10,12H,1,6-9H2,2-5H3,(H,17,20). The molecule has 1 saturated heterocycles. The molecule has 1 aliphatic rings. The van der Waals surface area contributed by atoms with Crippen LogP contribution in [-0.4, -0.2) is 47.3 Å². The number of ether oxygens (including phenoxy) is 1. The van der Waals surface area contributed by atoms with Crippen molar-refractivity contribution in [2.75, 3.05) is 18.5 Å². The molecule has 7 nitrogen and oxygen atoms in total. The lowest BCUT2D eigenvalue weighted by Gasteiger charge is -2.31. The average Bonchev–Trinajstić information content (AvgIpc) is 2.89. The Morgan fingerprint density at radius 1 is 1.42 bits per heavy atom. The summed E-state index contributed by atoms with van der Waals surface area (Å²) in [5.74, 6) is -0.126. The van der Waals surface area contributed by atoms with Crippen molar-refractivity contribution in [3.63, 3.8) is 0 Å². The summed E-state index contributed by atoms with van der Waals surface area (Å²) in [4.78, 5) is 12.7. The van der Waals surface area contributed by atoms with Gasteiger partial charge in [-0.1, -0.05) is 6.58 Å². The number of carbonyl (C=O) groups excluding carboxylic acids is 1. The van der Waals surface area contributed by atoms with Gasteiger partial charge in [0.2, 0.25) is 5.91 Å². The summed E-state index contributed by atoms with van der Waals surface area (Å²) in [6.07, 6.45) is 0.842. The van der Waals surface area contributed by atoms with E-state index in [-0.39, 0.29) is 0 Å².